The molecule has 3 rings (SSSR count). The number of hydrogen-bond donors (Lipinski definition) is 1. The zero-order chi connectivity index (χ0) is 20.5. The Morgan fingerprint density at radius 2 is 2.14 bits per heavy atom. The highest BCUT2D eigenvalue weighted by Gasteiger charge is 2.34. The molecule has 2 heterocycles. The van der Waals surface area contributed by atoms with Gasteiger partial charge >= 0.3 is 12.7 Å². The van der Waals surface area contributed by atoms with Gasteiger partial charge < -0.3 is 14.5 Å². The summed E-state index contributed by atoms with van der Waals surface area (Å²) in [5.41, 5.74) is 0.730. The molecule has 0 saturated carbocycles. The molecule has 28 heavy (non-hydrogen) atoms. The first-order chi connectivity index (χ1) is 13.1. The van der Waals surface area contributed by atoms with Crippen LogP contribution in [-0.2, 0) is 4.74 Å². The molecular weight excluding hydrogens is 436 g/mol. The minimum absolute atomic E-state index is 0.0416. The molecule has 1 aliphatic heterocycles. The molecule has 1 amide bonds. The summed E-state index contributed by atoms with van der Waals surface area (Å²) < 4.78 is 35.6. The van der Waals surface area contributed by atoms with Crippen molar-refractivity contribution in [1.82, 2.24) is 14.9 Å². The van der Waals surface area contributed by atoms with Crippen molar-refractivity contribution in [2.24, 2.45) is 0 Å². The molecule has 0 unspecified atom stereocenters. The maximum atomic E-state index is 12.6. The summed E-state index contributed by atoms with van der Waals surface area (Å²) in [7, 11) is 0. The normalized spacial score (nSPS) is 17.2. The summed E-state index contributed by atoms with van der Waals surface area (Å²) in [6, 6.07) is 4.69. The lowest BCUT2D eigenvalue weighted by Gasteiger charge is -2.27. The van der Waals surface area contributed by atoms with Gasteiger partial charge in [0.1, 0.15) is 17.2 Å². The second-order valence-electron chi connectivity index (χ2n) is 7.54. The van der Waals surface area contributed by atoms with E-state index in [0.717, 1.165) is 12.8 Å². The van der Waals surface area contributed by atoms with Crippen LogP contribution in [0.3, 0.4) is 0 Å². The number of carbonyl (C=O) groups is 1. The number of hydrogen-bond acceptors (Lipinski definition) is 4. The Balaban J connectivity index is 1.81. The number of benzene rings is 1. The number of nitrogens with zero attached hydrogens (tertiary/aromatic N) is 2. The summed E-state index contributed by atoms with van der Waals surface area (Å²) in [5, 5.41) is 0. The first-order valence-electron chi connectivity index (χ1n) is 8.93. The second-order valence-corrected chi connectivity index (χ2v) is 8.39. The number of H-pyrrole nitrogens is 1. The van der Waals surface area contributed by atoms with Crippen LogP contribution in [0.4, 0.5) is 13.6 Å². The predicted octanol–water partition coefficient (Wildman–Crippen LogP) is 5.51. The van der Waals surface area contributed by atoms with Gasteiger partial charge in [-0.15, -0.1) is 0 Å². The molecule has 0 spiro atoms. The van der Waals surface area contributed by atoms with Gasteiger partial charge in [-0.3, -0.25) is 4.90 Å². The molecule has 1 N–H and O–H groups in total. The van der Waals surface area contributed by atoms with Crippen molar-refractivity contribution in [2.45, 2.75) is 51.9 Å². The fourth-order valence-corrected chi connectivity index (χ4v) is 3.44. The third-order valence-electron chi connectivity index (χ3n) is 4.25. The number of nitrogens with one attached hydrogen (secondary N) is 1. The van der Waals surface area contributed by atoms with Crippen LogP contribution in [0.25, 0.3) is 11.3 Å². The number of ether oxygens (including phenoxy) is 2. The fraction of sp³-hybridized carbons (Fsp3) is 0.474. The molecule has 1 atom stereocenters. The Bertz CT molecular complexity index is 851. The number of aromatic amines is 1. The van der Waals surface area contributed by atoms with E-state index in [9.17, 15) is 13.6 Å². The van der Waals surface area contributed by atoms with Crippen molar-refractivity contribution in [1.29, 1.82) is 0 Å². The summed E-state index contributed by atoms with van der Waals surface area (Å²) >= 11 is 3.20. The molecule has 1 fully saturated rings. The van der Waals surface area contributed by atoms with Crippen LogP contribution < -0.4 is 4.74 Å². The Morgan fingerprint density at radius 1 is 1.39 bits per heavy atom. The highest BCUT2D eigenvalue weighted by molar-refractivity contribution is 9.10. The van der Waals surface area contributed by atoms with Gasteiger partial charge in [-0.25, -0.2) is 9.78 Å². The molecule has 0 bridgehead atoms. The highest BCUT2D eigenvalue weighted by Crippen LogP contribution is 2.35. The number of aromatic nitrogens is 2. The quantitative estimate of drug-likeness (QED) is 0.656. The second kappa shape index (κ2) is 8.06. The molecule has 0 aliphatic carbocycles. The van der Waals surface area contributed by atoms with E-state index < -0.39 is 12.2 Å². The van der Waals surface area contributed by atoms with Gasteiger partial charge in [0.25, 0.3) is 0 Å². The molecule has 6 nitrogen and oxygen atoms in total. The van der Waals surface area contributed by atoms with Crippen molar-refractivity contribution in [2.75, 3.05) is 6.54 Å². The SMILES string of the molecule is CC(C)(C)OC(=O)N1CCC[C@H]1c1ncc(-c2ccc(Br)c(OC(F)F)c2)[nH]1. The fourth-order valence-electron chi connectivity index (χ4n) is 3.10. The molecule has 1 aliphatic rings. The van der Waals surface area contributed by atoms with E-state index in [4.69, 9.17) is 4.74 Å². The monoisotopic (exact) mass is 457 g/mol. The Kier molecular flexibility index (Phi) is 5.92. The molecule has 152 valence electrons. The number of rotatable bonds is 4. The molecule has 1 aromatic carbocycles. The lowest BCUT2D eigenvalue weighted by Crippen LogP contribution is -2.36. The third kappa shape index (κ3) is 4.81. The largest absolute Gasteiger partial charge is 0.444 e. The van der Waals surface area contributed by atoms with E-state index in [0.29, 0.717) is 28.1 Å². The van der Waals surface area contributed by atoms with Crippen molar-refractivity contribution in [3.63, 3.8) is 0 Å². The first-order valence-corrected chi connectivity index (χ1v) is 9.72. The number of imidazole rings is 1. The maximum absolute atomic E-state index is 12.6. The zero-order valence-electron chi connectivity index (χ0n) is 15.8. The zero-order valence-corrected chi connectivity index (χ0v) is 17.4. The van der Waals surface area contributed by atoms with Gasteiger partial charge in [-0.05, 0) is 61.7 Å². The van der Waals surface area contributed by atoms with E-state index in [2.05, 4.69) is 30.6 Å². The van der Waals surface area contributed by atoms with E-state index in [1.54, 1.807) is 23.2 Å². The number of likely N-dealkylation sites (tertiary alicyclic amines) is 1. The summed E-state index contributed by atoms with van der Waals surface area (Å²) in [5.74, 6) is 0.678. The molecule has 2 aromatic rings. The van der Waals surface area contributed by atoms with Gasteiger partial charge in [0.2, 0.25) is 0 Å². The number of amides is 1. The van der Waals surface area contributed by atoms with Crippen LogP contribution in [0.15, 0.2) is 28.9 Å². The lowest BCUT2D eigenvalue weighted by atomic mass is 10.1. The molecular formula is C19H22BrF2N3O3. The van der Waals surface area contributed by atoms with Crippen molar-refractivity contribution in [3.05, 3.63) is 34.7 Å². The predicted molar refractivity (Wildman–Crippen MR) is 103 cm³/mol. The Labute approximate surface area is 170 Å². The van der Waals surface area contributed by atoms with Crippen LogP contribution in [-0.4, -0.2) is 39.7 Å². The maximum Gasteiger partial charge on any atom is 0.410 e. The van der Waals surface area contributed by atoms with Gasteiger partial charge in [0.15, 0.2) is 0 Å². The minimum atomic E-state index is -2.91. The smallest absolute Gasteiger partial charge is 0.410 e. The number of carbonyl (C=O) groups excluding carboxylic acids is 1. The van der Waals surface area contributed by atoms with Crippen molar-refractivity contribution < 1.29 is 23.0 Å². The van der Waals surface area contributed by atoms with Crippen LogP contribution in [0, 0.1) is 0 Å². The molecule has 1 aromatic heterocycles. The van der Waals surface area contributed by atoms with Gasteiger partial charge in [-0.2, -0.15) is 8.78 Å². The standard InChI is InChI=1S/C19H22BrF2N3O3/c1-19(2,3)28-18(26)25-8-4-5-14(25)16-23-10-13(24-16)11-6-7-12(20)15(9-11)27-17(21)22/h6-7,9-10,14,17H,4-5,8H2,1-3H3,(H,23,24)/t14-/m0/s1. The van der Waals surface area contributed by atoms with E-state index in [1.807, 2.05) is 20.8 Å². The Morgan fingerprint density at radius 3 is 2.82 bits per heavy atom. The van der Waals surface area contributed by atoms with Crippen molar-refractivity contribution >= 4 is 22.0 Å². The minimum Gasteiger partial charge on any atom is -0.444 e. The highest BCUT2D eigenvalue weighted by atomic mass is 79.9. The lowest BCUT2D eigenvalue weighted by molar-refractivity contribution is -0.0503. The number of halogens is 3. The van der Waals surface area contributed by atoms with Crippen LogP contribution >= 0.6 is 15.9 Å². The van der Waals surface area contributed by atoms with Crippen LogP contribution in [0.5, 0.6) is 5.75 Å². The molecule has 0 radical (unpaired) electrons. The molecule has 1 saturated heterocycles. The van der Waals surface area contributed by atoms with Gasteiger partial charge in [-0.1, -0.05) is 6.07 Å². The third-order valence-corrected chi connectivity index (χ3v) is 4.91. The van der Waals surface area contributed by atoms with Crippen LogP contribution in [0.2, 0.25) is 0 Å². The topological polar surface area (TPSA) is 67.4 Å². The van der Waals surface area contributed by atoms with E-state index >= 15 is 0 Å². The average Bonchev–Trinajstić information content (AvgIpc) is 3.23. The average molecular weight is 458 g/mol. The van der Waals surface area contributed by atoms with E-state index in [1.165, 1.54) is 6.07 Å². The first kappa shape index (κ1) is 20.6. The van der Waals surface area contributed by atoms with Gasteiger partial charge in [0, 0.05) is 12.1 Å². The van der Waals surface area contributed by atoms with Crippen LogP contribution in [0.1, 0.15) is 45.5 Å². The Hall–Kier alpha value is -2.16. The summed E-state index contributed by atoms with van der Waals surface area (Å²) in [4.78, 5) is 21.8. The number of alkyl halides is 2. The summed E-state index contributed by atoms with van der Waals surface area (Å²) in [6.45, 7) is 3.17. The summed E-state index contributed by atoms with van der Waals surface area (Å²) in [6.07, 6.45) is 2.87. The molecule has 9 heteroatoms. The van der Waals surface area contributed by atoms with Crippen molar-refractivity contribution in [3.8, 4) is 17.0 Å². The van der Waals surface area contributed by atoms with E-state index in [-0.39, 0.29) is 17.9 Å². The van der Waals surface area contributed by atoms with Gasteiger partial charge in [0.05, 0.1) is 22.4 Å².